The van der Waals surface area contributed by atoms with Crippen molar-refractivity contribution >= 4 is 17.6 Å². The molecule has 7 heteroatoms. The van der Waals surface area contributed by atoms with E-state index >= 15 is 0 Å². The van der Waals surface area contributed by atoms with E-state index in [0.29, 0.717) is 24.8 Å². The summed E-state index contributed by atoms with van der Waals surface area (Å²) in [4.78, 5) is 36.8. The summed E-state index contributed by atoms with van der Waals surface area (Å²) < 4.78 is 0. The lowest BCUT2D eigenvalue weighted by Gasteiger charge is -2.31. The van der Waals surface area contributed by atoms with Gasteiger partial charge in [-0.05, 0) is 32.1 Å². The molecule has 2 aliphatic rings. The molecule has 0 aliphatic heterocycles. The maximum absolute atomic E-state index is 13.0. The Morgan fingerprint density at radius 3 is 2.48 bits per heavy atom. The van der Waals surface area contributed by atoms with Gasteiger partial charge in [0.2, 0.25) is 5.91 Å². The Kier molecular flexibility index (Phi) is 5.01. The van der Waals surface area contributed by atoms with Crippen molar-refractivity contribution in [2.45, 2.75) is 51.1 Å². The molecule has 0 aromatic heterocycles. The second-order valence-electron chi connectivity index (χ2n) is 6.98. The first kappa shape index (κ1) is 17.4. The lowest BCUT2D eigenvalue weighted by Crippen LogP contribution is -2.40. The van der Waals surface area contributed by atoms with E-state index in [2.05, 4.69) is 0 Å². The molecule has 2 aliphatic carbocycles. The SMILES string of the molecule is O=C(O)C1CCCC(C(=O)N(Cc2ccccc2[N+](=O)[O-])C2CC2)C1. The molecule has 0 heterocycles. The monoisotopic (exact) mass is 346 g/mol. The van der Waals surface area contributed by atoms with Crippen LogP contribution < -0.4 is 0 Å². The van der Waals surface area contributed by atoms with Crippen molar-refractivity contribution in [2.75, 3.05) is 0 Å². The van der Waals surface area contributed by atoms with Crippen molar-refractivity contribution in [1.29, 1.82) is 0 Å². The molecule has 1 aromatic rings. The number of rotatable bonds is 6. The van der Waals surface area contributed by atoms with Crippen molar-refractivity contribution in [1.82, 2.24) is 4.90 Å². The highest BCUT2D eigenvalue weighted by Crippen LogP contribution is 2.36. The van der Waals surface area contributed by atoms with Crippen LogP contribution in [-0.2, 0) is 16.1 Å². The van der Waals surface area contributed by atoms with Crippen LogP contribution in [0.5, 0.6) is 0 Å². The first-order valence-electron chi connectivity index (χ1n) is 8.73. The number of aliphatic carboxylic acids is 1. The first-order chi connectivity index (χ1) is 12.0. The average Bonchev–Trinajstić information content (AvgIpc) is 3.44. The molecule has 1 N–H and O–H groups in total. The number of carboxylic acids is 1. The minimum absolute atomic E-state index is 0.0213. The molecule has 134 valence electrons. The highest BCUT2D eigenvalue weighted by molar-refractivity contribution is 5.81. The van der Waals surface area contributed by atoms with Crippen LogP contribution >= 0.6 is 0 Å². The molecule has 25 heavy (non-hydrogen) atoms. The number of nitro benzene ring substituents is 1. The van der Waals surface area contributed by atoms with Crippen molar-refractivity contribution in [3.63, 3.8) is 0 Å². The number of hydrogen-bond donors (Lipinski definition) is 1. The predicted octanol–water partition coefficient (Wildman–Crippen LogP) is 2.98. The molecule has 0 bridgehead atoms. The summed E-state index contributed by atoms with van der Waals surface area (Å²) in [6.07, 6.45) is 4.23. The zero-order valence-corrected chi connectivity index (χ0v) is 14.0. The van der Waals surface area contributed by atoms with Gasteiger partial charge in [-0.25, -0.2) is 0 Å². The summed E-state index contributed by atoms with van der Waals surface area (Å²) in [6.45, 7) is 0.217. The molecular formula is C18H22N2O5. The molecule has 2 fully saturated rings. The van der Waals surface area contributed by atoms with Gasteiger partial charge < -0.3 is 10.0 Å². The van der Waals surface area contributed by atoms with E-state index < -0.39 is 16.8 Å². The minimum Gasteiger partial charge on any atom is -0.481 e. The van der Waals surface area contributed by atoms with Gasteiger partial charge in [0.15, 0.2) is 0 Å². The molecule has 0 spiro atoms. The Labute approximate surface area is 145 Å². The Morgan fingerprint density at radius 1 is 1.16 bits per heavy atom. The predicted molar refractivity (Wildman–Crippen MR) is 89.8 cm³/mol. The fraction of sp³-hybridized carbons (Fsp3) is 0.556. The number of hydrogen-bond acceptors (Lipinski definition) is 4. The molecular weight excluding hydrogens is 324 g/mol. The minimum atomic E-state index is -0.839. The van der Waals surface area contributed by atoms with Gasteiger partial charge in [-0.3, -0.25) is 19.7 Å². The maximum atomic E-state index is 13.0. The Morgan fingerprint density at radius 2 is 1.84 bits per heavy atom. The number of nitro groups is 1. The molecule has 0 saturated heterocycles. The van der Waals surface area contributed by atoms with E-state index in [0.717, 1.165) is 19.3 Å². The number of carboxylic acid groups (broad SMARTS) is 1. The molecule has 0 radical (unpaired) electrons. The number of para-hydroxylation sites is 1. The van der Waals surface area contributed by atoms with Crippen LogP contribution in [-0.4, -0.2) is 32.8 Å². The molecule has 7 nitrogen and oxygen atoms in total. The summed E-state index contributed by atoms with van der Waals surface area (Å²) in [5, 5.41) is 20.4. The van der Waals surface area contributed by atoms with Crippen LogP contribution in [0.4, 0.5) is 5.69 Å². The smallest absolute Gasteiger partial charge is 0.306 e. The van der Waals surface area contributed by atoms with Crippen LogP contribution in [0.15, 0.2) is 24.3 Å². The standard InChI is InChI=1S/C18H22N2O5/c21-17(12-5-3-6-13(10-12)18(22)23)19(15-8-9-15)11-14-4-1-2-7-16(14)20(24)25/h1-2,4,7,12-13,15H,3,5-6,8-11H2,(H,22,23). The van der Waals surface area contributed by atoms with Gasteiger partial charge >= 0.3 is 5.97 Å². The largest absolute Gasteiger partial charge is 0.481 e. The van der Waals surface area contributed by atoms with Crippen LogP contribution in [0.2, 0.25) is 0 Å². The maximum Gasteiger partial charge on any atom is 0.306 e. The van der Waals surface area contributed by atoms with E-state index in [1.165, 1.54) is 6.07 Å². The Balaban J connectivity index is 1.77. The van der Waals surface area contributed by atoms with Crippen molar-refractivity contribution in [3.05, 3.63) is 39.9 Å². The van der Waals surface area contributed by atoms with Gasteiger partial charge in [0, 0.05) is 23.6 Å². The van der Waals surface area contributed by atoms with E-state index in [1.807, 2.05) is 0 Å². The number of nitrogens with zero attached hydrogens (tertiary/aromatic N) is 2. The topological polar surface area (TPSA) is 101 Å². The summed E-state index contributed by atoms with van der Waals surface area (Å²) >= 11 is 0. The third-order valence-corrected chi connectivity index (χ3v) is 5.17. The average molecular weight is 346 g/mol. The normalized spacial score (nSPS) is 23.0. The molecule has 2 saturated carbocycles. The van der Waals surface area contributed by atoms with Gasteiger partial charge in [-0.2, -0.15) is 0 Å². The Hall–Kier alpha value is -2.44. The van der Waals surface area contributed by atoms with E-state index in [-0.39, 0.29) is 30.1 Å². The highest BCUT2D eigenvalue weighted by atomic mass is 16.6. The highest BCUT2D eigenvalue weighted by Gasteiger charge is 2.39. The molecule has 3 rings (SSSR count). The first-order valence-corrected chi connectivity index (χ1v) is 8.73. The van der Waals surface area contributed by atoms with E-state index in [9.17, 15) is 24.8 Å². The Bertz CT molecular complexity index is 686. The van der Waals surface area contributed by atoms with Crippen molar-refractivity contribution < 1.29 is 19.6 Å². The third-order valence-electron chi connectivity index (χ3n) is 5.17. The van der Waals surface area contributed by atoms with Gasteiger partial charge in [-0.1, -0.05) is 24.6 Å². The molecule has 1 aromatic carbocycles. The lowest BCUT2D eigenvalue weighted by atomic mass is 9.80. The molecule has 1 amide bonds. The summed E-state index contributed by atoms with van der Waals surface area (Å²) in [6, 6.07) is 6.60. The molecule has 2 unspecified atom stereocenters. The van der Waals surface area contributed by atoms with Crippen LogP contribution in [0.25, 0.3) is 0 Å². The fourth-order valence-electron chi connectivity index (χ4n) is 3.65. The van der Waals surface area contributed by atoms with Crippen LogP contribution in [0, 0.1) is 22.0 Å². The summed E-state index contributed by atoms with van der Waals surface area (Å²) in [5.74, 6) is -1.64. The van der Waals surface area contributed by atoms with Gasteiger partial charge in [0.05, 0.1) is 17.4 Å². The van der Waals surface area contributed by atoms with E-state index in [1.54, 1.807) is 23.1 Å². The lowest BCUT2D eigenvalue weighted by molar-refractivity contribution is -0.385. The number of carbonyl (C=O) groups is 2. The second kappa shape index (κ2) is 7.21. The van der Waals surface area contributed by atoms with E-state index in [4.69, 9.17) is 0 Å². The number of amides is 1. The van der Waals surface area contributed by atoms with Gasteiger partial charge in [0.1, 0.15) is 0 Å². The number of benzene rings is 1. The fourth-order valence-corrected chi connectivity index (χ4v) is 3.65. The second-order valence-corrected chi connectivity index (χ2v) is 6.98. The van der Waals surface area contributed by atoms with Crippen molar-refractivity contribution in [3.8, 4) is 0 Å². The molecule has 2 atom stereocenters. The number of carbonyl (C=O) groups excluding carboxylic acids is 1. The zero-order valence-electron chi connectivity index (χ0n) is 14.0. The van der Waals surface area contributed by atoms with Crippen LogP contribution in [0.3, 0.4) is 0 Å². The zero-order chi connectivity index (χ0) is 18.0. The quantitative estimate of drug-likeness (QED) is 0.630. The van der Waals surface area contributed by atoms with Crippen LogP contribution in [0.1, 0.15) is 44.1 Å². The van der Waals surface area contributed by atoms with Gasteiger partial charge in [-0.15, -0.1) is 0 Å². The van der Waals surface area contributed by atoms with Crippen molar-refractivity contribution in [2.24, 2.45) is 11.8 Å². The third kappa shape index (κ3) is 3.97. The summed E-state index contributed by atoms with van der Waals surface area (Å²) in [5.41, 5.74) is 0.548. The van der Waals surface area contributed by atoms with Gasteiger partial charge in [0.25, 0.3) is 5.69 Å². The summed E-state index contributed by atoms with van der Waals surface area (Å²) in [7, 11) is 0.